The van der Waals surface area contributed by atoms with Crippen molar-refractivity contribution in [3.8, 4) is 0 Å². The van der Waals surface area contributed by atoms with Crippen LogP contribution in [0.25, 0.3) is 10.9 Å². The Labute approximate surface area is 369 Å². The summed E-state index contributed by atoms with van der Waals surface area (Å²) in [5, 5.41) is 13.1. The van der Waals surface area contributed by atoms with Crippen LogP contribution >= 0.6 is 0 Å². The van der Waals surface area contributed by atoms with E-state index in [1.807, 2.05) is 102 Å². The Kier molecular flexibility index (Phi) is 19.0. The monoisotopic (exact) mass is 860 g/mol. The average molecular weight is 860 g/mol. The number of hydrogen-bond donors (Lipinski definition) is 5. The molecule has 342 valence electrons. The molecule has 0 radical (unpaired) electrons. The minimum absolute atomic E-state index is 0.00119. The molecule has 9 atom stereocenters. The Morgan fingerprint density at radius 3 is 2.13 bits per heavy atom. The molecule has 2 aromatic carbocycles. The van der Waals surface area contributed by atoms with Gasteiger partial charge in [0, 0.05) is 57.9 Å². The lowest BCUT2D eigenvalue weighted by molar-refractivity contribution is -0.148. The lowest BCUT2D eigenvalue weighted by atomic mass is 9.89. The predicted octanol–water partition coefficient (Wildman–Crippen LogP) is 4.82. The van der Waals surface area contributed by atoms with Crippen LogP contribution < -0.4 is 21.3 Å². The molecule has 0 spiro atoms. The molecule has 1 fully saturated rings. The summed E-state index contributed by atoms with van der Waals surface area (Å²) in [7, 11) is 6.56. The van der Waals surface area contributed by atoms with E-state index in [0.29, 0.717) is 19.5 Å². The molecule has 3 aromatic rings. The van der Waals surface area contributed by atoms with Crippen molar-refractivity contribution < 1.29 is 33.4 Å². The first-order valence-electron chi connectivity index (χ1n) is 22.3. The van der Waals surface area contributed by atoms with Crippen molar-refractivity contribution in [2.24, 2.45) is 23.7 Å². The Morgan fingerprint density at radius 2 is 1.52 bits per heavy atom. The van der Waals surface area contributed by atoms with Crippen molar-refractivity contribution in [3.05, 3.63) is 71.9 Å². The smallest absolute Gasteiger partial charge is 0.245 e. The van der Waals surface area contributed by atoms with Crippen molar-refractivity contribution in [1.82, 2.24) is 36.1 Å². The summed E-state index contributed by atoms with van der Waals surface area (Å²) >= 11 is 0. The Hall–Kier alpha value is -4.79. The summed E-state index contributed by atoms with van der Waals surface area (Å²) in [6.07, 6.45) is 2.89. The number of fused-ring (bicyclic) bond motifs is 1. The molecular formula is C48H73N7O7. The lowest BCUT2D eigenvalue weighted by Gasteiger charge is -2.41. The van der Waals surface area contributed by atoms with Gasteiger partial charge in [0.05, 0.1) is 42.7 Å². The third kappa shape index (κ3) is 12.4. The van der Waals surface area contributed by atoms with Crippen LogP contribution in [0.3, 0.4) is 0 Å². The molecule has 0 unspecified atom stereocenters. The molecule has 4 rings (SSSR count). The van der Waals surface area contributed by atoms with E-state index in [4.69, 9.17) is 9.47 Å². The highest BCUT2D eigenvalue weighted by molar-refractivity contribution is 5.91. The molecule has 0 bridgehead atoms. The topological polar surface area (TPSA) is 174 Å². The molecule has 5 N–H and O–H groups in total. The van der Waals surface area contributed by atoms with Gasteiger partial charge in [-0.3, -0.25) is 24.0 Å². The van der Waals surface area contributed by atoms with Crippen molar-refractivity contribution in [2.75, 3.05) is 34.9 Å². The lowest BCUT2D eigenvalue weighted by Crippen LogP contribution is -2.59. The maximum absolute atomic E-state index is 14.4. The number of carbonyl (C=O) groups is 5. The number of likely N-dealkylation sites (N-methyl/N-ethyl adjacent to an activating group) is 2. The number of hydrogen-bond acceptors (Lipinski definition) is 8. The van der Waals surface area contributed by atoms with Gasteiger partial charge in [-0.25, -0.2) is 0 Å². The van der Waals surface area contributed by atoms with Gasteiger partial charge in [-0.2, -0.15) is 0 Å². The van der Waals surface area contributed by atoms with Crippen LogP contribution in [0, 0.1) is 23.7 Å². The molecule has 0 saturated carbocycles. The SMILES string of the molecule is CC[C@H](C)[C@@H]([C@@H](CC(=O)N1CCC[C@H]1[C@H](OC)[C@@H](C)C(=O)N[C@@H](Cc1c[nH]c2ccccc12)C(=O)NCc1ccccc1)OC)N(C)C(=O)[C@@H](NC(=O)[C@@H](NC)C(C)C)C(C)C. The number of methoxy groups -OCH3 is 2. The number of rotatable bonds is 23. The number of nitrogens with zero attached hydrogens (tertiary/aromatic N) is 2. The predicted molar refractivity (Wildman–Crippen MR) is 243 cm³/mol. The van der Waals surface area contributed by atoms with Crippen LogP contribution in [0.4, 0.5) is 0 Å². The molecule has 5 amide bonds. The van der Waals surface area contributed by atoms with E-state index < -0.39 is 48.3 Å². The largest absolute Gasteiger partial charge is 0.379 e. The van der Waals surface area contributed by atoms with Crippen LogP contribution in [0.2, 0.25) is 0 Å². The van der Waals surface area contributed by atoms with Crippen LogP contribution in [-0.2, 0) is 46.4 Å². The number of amides is 5. The third-order valence-corrected chi connectivity index (χ3v) is 12.8. The Bertz CT molecular complexity index is 1920. The van der Waals surface area contributed by atoms with Gasteiger partial charge in [-0.15, -0.1) is 0 Å². The first kappa shape index (κ1) is 49.9. The number of H-pyrrole nitrogens is 1. The maximum atomic E-state index is 14.4. The average Bonchev–Trinajstić information content (AvgIpc) is 3.92. The van der Waals surface area contributed by atoms with Gasteiger partial charge in [0.2, 0.25) is 29.5 Å². The fraction of sp³-hybridized carbons (Fsp3) is 0.604. The van der Waals surface area contributed by atoms with E-state index in [2.05, 4.69) is 26.3 Å². The van der Waals surface area contributed by atoms with Gasteiger partial charge in [-0.1, -0.05) is 103 Å². The number of ether oxygens (including phenoxy) is 2. The number of likely N-dealkylation sites (tertiary alicyclic amines) is 1. The minimum Gasteiger partial charge on any atom is -0.379 e. The fourth-order valence-corrected chi connectivity index (χ4v) is 8.99. The maximum Gasteiger partial charge on any atom is 0.245 e. The van der Waals surface area contributed by atoms with Crippen molar-refractivity contribution in [2.45, 2.75) is 130 Å². The van der Waals surface area contributed by atoms with E-state index in [1.54, 1.807) is 45.0 Å². The second-order valence-corrected chi connectivity index (χ2v) is 17.7. The number of aromatic amines is 1. The number of para-hydroxylation sites is 1. The second kappa shape index (κ2) is 23.6. The minimum atomic E-state index is -0.880. The molecule has 1 aromatic heterocycles. The summed E-state index contributed by atoms with van der Waals surface area (Å²) in [6, 6.07) is 14.4. The van der Waals surface area contributed by atoms with Crippen molar-refractivity contribution in [1.29, 1.82) is 0 Å². The number of carbonyl (C=O) groups excluding carboxylic acids is 5. The quantitative estimate of drug-likeness (QED) is 0.0904. The number of aromatic nitrogens is 1. The summed E-state index contributed by atoms with van der Waals surface area (Å²) in [5.74, 6) is -2.26. The summed E-state index contributed by atoms with van der Waals surface area (Å²) in [4.78, 5) is 76.7. The van der Waals surface area contributed by atoms with Gasteiger partial charge in [0.1, 0.15) is 12.1 Å². The van der Waals surface area contributed by atoms with Gasteiger partial charge in [0.25, 0.3) is 0 Å². The van der Waals surface area contributed by atoms with Crippen LogP contribution in [-0.4, -0.2) is 122 Å². The van der Waals surface area contributed by atoms with Gasteiger partial charge in [0.15, 0.2) is 0 Å². The van der Waals surface area contributed by atoms with Gasteiger partial charge < -0.3 is 45.5 Å². The summed E-state index contributed by atoms with van der Waals surface area (Å²) in [5.41, 5.74) is 2.78. The van der Waals surface area contributed by atoms with Crippen LogP contribution in [0.15, 0.2) is 60.8 Å². The first-order chi connectivity index (χ1) is 29.6. The van der Waals surface area contributed by atoms with Crippen molar-refractivity contribution >= 4 is 40.4 Å². The normalized spacial score (nSPS) is 18.1. The highest BCUT2D eigenvalue weighted by atomic mass is 16.5. The van der Waals surface area contributed by atoms with E-state index >= 15 is 0 Å². The van der Waals surface area contributed by atoms with E-state index in [1.165, 1.54) is 0 Å². The first-order valence-corrected chi connectivity index (χ1v) is 22.3. The van der Waals surface area contributed by atoms with Crippen molar-refractivity contribution in [3.63, 3.8) is 0 Å². The zero-order valence-corrected chi connectivity index (χ0v) is 38.8. The highest BCUT2D eigenvalue weighted by Crippen LogP contribution is 2.30. The Morgan fingerprint density at radius 1 is 0.855 bits per heavy atom. The van der Waals surface area contributed by atoms with Crippen LogP contribution in [0.5, 0.6) is 0 Å². The summed E-state index contributed by atoms with van der Waals surface area (Å²) in [6.45, 7) is 14.3. The molecule has 1 aliphatic heterocycles. The van der Waals surface area contributed by atoms with Crippen LogP contribution in [0.1, 0.15) is 85.3 Å². The van der Waals surface area contributed by atoms with E-state index in [0.717, 1.165) is 34.9 Å². The van der Waals surface area contributed by atoms with E-state index in [-0.39, 0.29) is 60.1 Å². The molecule has 1 aliphatic rings. The molecule has 14 heteroatoms. The zero-order valence-electron chi connectivity index (χ0n) is 38.8. The molecule has 0 aliphatic carbocycles. The van der Waals surface area contributed by atoms with Gasteiger partial charge in [-0.05, 0) is 54.8 Å². The fourth-order valence-electron chi connectivity index (χ4n) is 8.99. The number of benzene rings is 2. The Balaban J connectivity index is 1.51. The number of nitrogens with one attached hydrogen (secondary N) is 5. The standard InChI is InChI=1S/C48H73N7O7/c1-12-31(6)43(54(9)48(60)42(30(4)5)53-47(59)41(49-8)29(2)3)39(61-10)26-40(56)55-24-18-23-38(55)44(62-11)32(7)45(57)52-37(46(58)51-27-33-19-14-13-15-20-33)25-34-28-50-36-22-17-16-21-35(34)36/h13-17,19-22,28-32,37-39,41-44,49-50H,12,18,23-27H2,1-11H3,(H,51,58)(H,52,57)(H,53,59)/t31-,32+,37-,38-,39+,41-,42-,43-,44+/m0/s1. The molecule has 2 heterocycles. The molecule has 62 heavy (non-hydrogen) atoms. The third-order valence-electron chi connectivity index (χ3n) is 12.8. The molecule has 14 nitrogen and oxygen atoms in total. The highest BCUT2D eigenvalue weighted by Gasteiger charge is 2.43. The molecule has 1 saturated heterocycles. The zero-order chi connectivity index (χ0) is 45.7. The van der Waals surface area contributed by atoms with E-state index in [9.17, 15) is 24.0 Å². The van der Waals surface area contributed by atoms with Gasteiger partial charge >= 0.3 is 0 Å². The molecular weight excluding hydrogens is 787 g/mol. The summed E-state index contributed by atoms with van der Waals surface area (Å²) < 4.78 is 12.1. The second-order valence-electron chi connectivity index (χ2n) is 17.7.